The fourth-order valence-corrected chi connectivity index (χ4v) is 10.7. The van der Waals surface area contributed by atoms with Gasteiger partial charge in [0.15, 0.2) is 0 Å². The van der Waals surface area contributed by atoms with Gasteiger partial charge in [-0.25, -0.2) is 15.0 Å². The molecule has 3 fully saturated rings. The van der Waals surface area contributed by atoms with Crippen molar-refractivity contribution in [2.24, 2.45) is 10.0 Å². The molecule has 0 amide bonds. The Hall–Kier alpha value is -5.88. The number of rotatable bonds is 6. The predicted octanol–water partition coefficient (Wildman–Crippen LogP) is 14.8. The van der Waals surface area contributed by atoms with Crippen LogP contribution in [0.1, 0.15) is 57.8 Å². The molecule has 82 heavy (non-hydrogen) atoms. The van der Waals surface area contributed by atoms with Gasteiger partial charge in [-0.05, 0) is 176 Å². The summed E-state index contributed by atoms with van der Waals surface area (Å²) in [5.41, 5.74) is 17.4. The first-order valence-corrected chi connectivity index (χ1v) is 29.8. The monoisotopic (exact) mass is 1410 g/mol. The zero-order valence-corrected chi connectivity index (χ0v) is 52.2. The standard InChI is InChI=1S/C17H16BrN7.C10H10BrClN4.C7H7N3.C6H2BrCl2N3.C6H3Cl2N3.C4H9N.BHNS/c18-12-8-19-15-14(12)16(21-10-2-1-3-10)24-17(23-15)22-11-5-4-9-7-20-25-13(9)6-11;11-6-4-13-8-7(6)9(16-10(12)15-8)14-5-2-1-3-5;8-6-2-1-5-4-9-10-7(5)3-6;7-2-1-10-5-3(2)4(8)11-6(9)12-5;7-4-3-1-2-9-5(3)11-6(8)10-4;5-4-2-1-3-4;1-2-3/h4-8,10H,1-3H2,(H,20,25)(H3,19,21,22,23,24);4-5H,1-3H2,(H2,13,14,15,16);1-4H,8H2,(H,9,10);1H,(H,10,11,12);1-2H,(H,9,10,11);4H,1-3,5H2;3H. The molecule has 15 rings (SSSR count). The van der Waals surface area contributed by atoms with Crippen molar-refractivity contribution in [1.82, 2.24) is 80.2 Å². The van der Waals surface area contributed by atoms with E-state index in [4.69, 9.17) is 74.5 Å². The molecule has 1 radical (unpaired) electrons. The molecule has 3 aliphatic rings. The normalized spacial score (nSPS) is 13.7. The second-order valence-electron chi connectivity index (χ2n) is 18.5. The molecule has 10 aromatic heterocycles. The van der Waals surface area contributed by atoms with E-state index >= 15 is 0 Å². The van der Waals surface area contributed by atoms with Crippen LogP contribution < -0.4 is 27.4 Å². The Labute approximate surface area is 523 Å². The Bertz CT molecular complexity index is 4100. The molecule has 10 heterocycles. The van der Waals surface area contributed by atoms with E-state index in [1.165, 1.54) is 57.8 Å². The number of fused-ring (bicyclic) bond motifs is 6. The van der Waals surface area contributed by atoms with E-state index in [2.05, 4.69) is 164 Å². The average molecular weight is 1420 g/mol. The number of thiol groups is 1. The molecule has 0 saturated heterocycles. The molecule has 0 bridgehead atoms. The number of hydrogen-bond donors (Lipinski definition) is 12. The molecule has 0 unspecified atom stereocenters. The van der Waals surface area contributed by atoms with Gasteiger partial charge in [0.1, 0.15) is 44.5 Å². The molecule has 423 valence electrons. The quantitative estimate of drug-likeness (QED) is 0.0242. The van der Waals surface area contributed by atoms with Crippen LogP contribution in [0, 0.1) is 0 Å². The second kappa shape index (κ2) is 28.6. The molecule has 3 aliphatic carbocycles. The number of anilines is 5. The summed E-state index contributed by atoms with van der Waals surface area (Å²) in [5.74, 6) is 2.23. The minimum absolute atomic E-state index is 0.141. The summed E-state index contributed by atoms with van der Waals surface area (Å²) in [6.07, 6.45) is 22.0. The van der Waals surface area contributed by atoms with Crippen LogP contribution in [0.25, 0.3) is 65.9 Å². The third kappa shape index (κ3) is 15.7. The van der Waals surface area contributed by atoms with E-state index < -0.39 is 0 Å². The maximum absolute atomic E-state index is 5.88. The molecule has 22 nitrogen and oxygen atoms in total. The van der Waals surface area contributed by atoms with Crippen LogP contribution in [0.15, 0.2) is 97.4 Å². The van der Waals surface area contributed by atoms with Crippen molar-refractivity contribution in [3.8, 4) is 0 Å². The van der Waals surface area contributed by atoms with Crippen LogP contribution in [0.5, 0.6) is 0 Å². The summed E-state index contributed by atoms with van der Waals surface area (Å²) in [6, 6.07) is 15.1. The molecule has 0 atom stereocenters. The number of nitrogens with one attached hydrogen (secondary N) is 9. The Morgan fingerprint density at radius 3 is 1.60 bits per heavy atom. The van der Waals surface area contributed by atoms with E-state index in [0.717, 1.165) is 91.1 Å². The van der Waals surface area contributed by atoms with Gasteiger partial charge in [0.25, 0.3) is 0 Å². The van der Waals surface area contributed by atoms with Crippen LogP contribution >= 0.6 is 119 Å². The van der Waals surface area contributed by atoms with Crippen molar-refractivity contribution in [1.29, 1.82) is 0 Å². The molecule has 0 spiro atoms. The molecule has 12 aromatic rings. The van der Waals surface area contributed by atoms with Crippen LogP contribution in [-0.2, 0) is 0 Å². The summed E-state index contributed by atoms with van der Waals surface area (Å²) in [5, 5.41) is 30.9. The number of nitrogen functional groups attached to an aromatic ring is 1. The number of nitrogens with two attached hydrogens (primary N) is 2. The van der Waals surface area contributed by atoms with Gasteiger partial charge < -0.3 is 47.4 Å². The van der Waals surface area contributed by atoms with Gasteiger partial charge in [0, 0.05) is 78.5 Å². The molecule has 13 N–H and O–H groups in total. The minimum atomic E-state index is 0.141. The molecular weight excluding hydrogens is 1370 g/mol. The molecule has 2 aromatic carbocycles. The SMILES string of the molecule is Brc1c[nH]c2nc(Nc3ccc4cn[nH]c4c3)nc(NC3CCC3)c12.Clc1nc(Cl)c2c(Br)c[nH]c2n1.Clc1nc(Cl)c2cc[nH]c2n1.Clc1nc(NC2CCC2)c2c(Br)c[nH]c2n1.NC1CCC1.Nc1ccc2cn[nH]c2c1.[B]=NS. The molecule has 32 heteroatoms. The molecular formula is C50H48BBr3Cl5N22S. The van der Waals surface area contributed by atoms with Crippen molar-refractivity contribution < 1.29 is 0 Å². The number of halogens is 8. The Morgan fingerprint density at radius 1 is 0.573 bits per heavy atom. The molecule has 0 aliphatic heterocycles. The van der Waals surface area contributed by atoms with Crippen LogP contribution in [0.2, 0.25) is 26.2 Å². The van der Waals surface area contributed by atoms with E-state index in [0.29, 0.717) is 45.7 Å². The van der Waals surface area contributed by atoms with Gasteiger partial charge in [0.2, 0.25) is 21.8 Å². The number of H-pyrrole nitrogens is 6. The van der Waals surface area contributed by atoms with Gasteiger partial charge in [0.05, 0.1) is 45.0 Å². The van der Waals surface area contributed by atoms with Crippen molar-refractivity contribution in [2.45, 2.75) is 75.9 Å². The summed E-state index contributed by atoms with van der Waals surface area (Å²) >= 11 is 42.1. The third-order valence-corrected chi connectivity index (χ3v) is 15.8. The first kappa shape index (κ1) is 60.7. The summed E-state index contributed by atoms with van der Waals surface area (Å²) in [4.78, 5) is 45.2. The Balaban J connectivity index is 0.000000124. The topological polar surface area (TPSA) is 324 Å². The summed E-state index contributed by atoms with van der Waals surface area (Å²) < 4.78 is 5.45. The van der Waals surface area contributed by atoms with E-state index in [-0.39, 0.29) is 15.9 Å². The maximum atomic E-state index is 5.88. The molecule has 3 saturated carbocycles. The van der Waals surface area contributed by atoms with Crippen LogP contribution in [-0.4, -0.2) is 106 Å². The summed E-state index contributed by atoms with van der Waals surface area (Å²) in [6.45, 7) is 0. The van der Waals surface area contributed by atoms with Crippen molar-refractivity contribution in [2.75, 3.05) is 21.7 Å². The van der Waals surface area contributed by atoms with Gasteiger partial charge in [-0.2, -0.15) is 35.1 Å². The van der Waals surface area contributed by atoms with Gasteiger partial charge in [-0.1, -0.05) is 29.6 Å². The zero-order chi connectivity index (χ0) is 57.9. The van der Waals surface area contributed by atoms with Crippen molar-refractivity contribution in [3.05, 3.63) is 119 Å². The van der Waals surface area contributed by atoms with E-state index in [1.54, 1.807) is 30.9 Å². The first-order chi connectivity index (χ1) is 39.6. The van der Waals surface area contributed by atoms with Crippen molar-refractivity contribution >= 4 is 221 Å². The summed E-state index contributed by atoms with van der Waals surface area (Å²) in [7, 11) is 4.34. The van der Waals surface area contributed by atoms with E-state index in [9.17, 15) is 0 Å². The number of nitrogens with zero attached hydrogens (tertiary/aromatic N) is 11. The fourth-order valence-electron chi connectivity index (χ4n) is 8.06. The number of aromatic nitrogens is 16. The predicted molar refractivity (Wildman–Crippen MR) is 345 cm³/mol. The van der Waals surface area contributed by atoms with Gasteiger partial charge in [-0.3, -0.25) is 10.2 Å². The van der Waals surface area contributed by atoms with Crippen LogP contribution in [0.4, 0.5) is 29.0 Å². The average Bonchev–Trinajstić information content (AvgIpc) is 4.29. The number of benzene rings is 2. The number of hydrogen-bond acceptors (Lipinski definition) is 17. The first-order valence-electron chi connectivity index (χ1n) is 25.1. The van der Waals surface area contributed by atoms with E-state index in [1.807, 2.05) is 48.8 Å². The van der Waals surface area contributed by atoms with Gasteiger partial charge in [-0.15, -0.1) is 0 Å². The van der Waals surface area contributed by atoms with Gasteiger partial charge >= 0.3 is 24.8 Å². The Kier molecular flexibility index (Phi) is 21.2. The third-order valence-electron chi connectivity index (χ3n) is 12.9. The number of aromatic amines is 6. The fraction of sp³-hybridized carbons (Fsp3) is 0.240. The second-order valence-corrected chi connectivity index (χ2v) is 23.0. The van der Waals surface area contributed by atoms with Crippen LogP contribution in [0.3, 0.4) is 0 Å². The Morgan fingerprint density at radius 2 is 1.05 bits per heavy atom. The van der Waals surface area contributed by atoms with Crippen molar-refractivity contribution in [3.63, 3.8) is 0 Å². The zero-order valence-electron chi connectivity index (χ0n) is 42.7.